The van der Waals surface area contributed by atoms with E-state index < -0.39 is 11.2 Å². The lowest BCUT2D eigenvalue weighted by Gasteiger charge is -2.33. The number of carbonyl (C=O) groups is 2. The van der Waals surface area contributed by atoms with Crippen molar-refractivity contribution in [3.63, 3.8) is 0 Å². The molecular formula is C35H46N4O5. The Bertz CT molecular complexity index is 1450. The molecule has 2 aliphatic rings. The number of ether oxygens (including phenoxy) is 2. The van der Waals surface area contributed by atoms with E-state index in [1.54, 1.807) is 4.90 Å². The Hall–Kier alpha value is -3.88. The van der Waals surface area contributed by atoms with Gasteiger partial charge in [-0.25, -0.2) is 9.59 Å². The molecule has 0 spiro atoms. The van der Waals surface area contributed by atoms with E-state index in [1.807, 2.05) is 58.6 Å². The monoisotopic (exact) mass is 602 g/mol. The Kier molecular flexibility index (Phi) is 9.05. The molecule has 9 heteroatoms. The first kappa shape index (κ1) is 31.5. The van der Waals surface area contributed by atoms with Crippen molar-refractivity contribution in [3.8, 4) is 22.9 Å². The van der Waals surface area contributed by atoms with Crippen molar-refractivity contribution in [1.29, 1.82) is 0 Å². The third-order valence-electron chi connectivity index (χ3n) is 8.30. The number of carbonyl (C=O) groups excluding carboxylic acids is 2. The van der Waals surface area contributed by atoms with E-state index in [9.17, 15) is 9.59 Å². The first-order chi connectivity index (χ1) is 20.8. The number of benzene rings is 2. The summed E-state index contributed by atoms with van der Waals surface area (Å²) < 4.78 is 17.2. The van der Waals surface area contributed by atoms with Crippen molar-refractivity contribution in [2.75, 3.05) is 26.2 Å². The molecular weight excluding hydrogens is 556 g/mol. The molecule has 2 aromatic carbocycles. The van der Waals surface area contributed by atoms with Crippen LogP contribution in [-0.4, -0.2) is 69.6 Å². The van der Waals surface area contributed by atoms with Crippen molar-refractivity contribution in [3.05, 3.63) is 59.2 Å². The van der Waals surface area contributed by atoms with Crippen LogP contribution in [0.1, 0.15) is 95.8 Å². The van der Waals surface area contributed by atoms with Gasteiger partial charge in [-0.05, 0) is 121 Å². The van der Waals surface area contributed by atoms with Gasteiger partial charge in [0, 0.05) is 37.3 Å². The third kappa shape index (κ3) is 7.79. The summed E-state index contributed by atoms with van der Waals surface area (Å²) >= 11 is 0. The minimum atomic E-state index is -0.483. The molecule has 0 saturated carbocycles. The third-order valence-corrected chi connectivity index (χ3v) is 8.30. The van der Waals surface area contributed by atoms with Gasteiger partial charge < -0.3 is 23.7 Å². The van der Waals surface area contributed by atoms with E-state index in [0.717, 1.165) is 42.4 Å². The fraction of sp³-hybridized carbons (Fsp3) is 0.543. The Morgan fingerprint density at radius 1 is 0.705 bits per heavy atom. The van der Waals surface area contributed by atoms with Crippen molar-refractivity contribution < 1.29 is 23.5 Å². The van der Waals surface area contributed by atoms with Crippen LogP contribution in [0.4, 0.5) is 9.59 Å². The lowest BCUT2D eigenvalue weighted by molar-refractivity contribution is 0.0194. The van der Waals surface area contributed by atoms with E-state index in [-0.39, 0.29) is 12.2 Å². The Morgan fingerprint density at radius 2 is 1.16 bits per heavy atom. The molecule has 0 unspecified atom stereocenters. The van der Waals surface area contributed by atoms with Crippen LogP contribution in [0.3, 0.4) is 0 Å². The van der Waals surface area contributed by atoms with Gasteiger partial charge in [0.1, 0.15) is 11.2 Å². The molecule has 2 fully saturated rings. The fourth-order valence-electron chi connectivity index (χ4n) is 5.97. The van der Waals surface area contributed by atoms with E-state index in [0.29, 0.717) is 49.8 Å². The normalized spacial score (nSPS) is 17.1. The molecule has 3 aromatic rings. The van der Waals surface area contributed by atoms with Crippen LogP contribution in [0.15, 0.2) is 46.9 Å². The highest BCUT2D eigenvalue weighted by atomic mass is 16.6. The van der Waals surface area contributed by atoms with Gasteiger partial charge in [-0.3, -0.25) is 0 Å². The van der Waals surface area contributed by atoms with Crippen LogP contribution in [0.5, 0.6) is 0 Å². The second kappa shape index (κ2) is 12.6. The fourth-order valence-corrected chi connectivity index (χ4v) is 5.97. The molecule has 3 heterocycles. The zero-order valence-electron chi connectivity index (χ0n) is 27.2. The smallest absolute Gasteiger partial charge is 0.410 e. The van der Waals surface area contributed by atoms with Gasteiger partial charge in [0.25, 0.3) is 0 Å². The van der Waals surface area contributed by atoms with Gasteiger partial charge in [0.2, 0.25) is 11.8 Å². The first-order valence-corrected chi connectivity index (χ1v) is 15.8. The number of hydrogen-bond acceptors (Lipinski definition) is 7. The number of piperidine rings is 2. The maximum absolute atomic E-state index is 12.4. The second-order valence-corrected chi connectivity index (χ2v) is 14.1. The average molecular weight is 603 g/mol. The first-order valence-electron chi connectivity index (χ1n) is 15.8. The second-order valence-electron chi connectivity index (χ2n) is 14.1. The highest BCUT2D eigenvalue weighted by molar-refractivity contribution is 5.69. The van der Waals surface area contributed by atoms with Gasteiger partial charge in [-0.15, -0.1) is 10.2 Å². The number of rotatable bonds is 4. The number of aryl methyl sites for hydroxylation is 1. The zero-order chi connectivity index (χ0) is 31.6. The van der Waals surface area contributed by atoms with Crippen molar-refractivity contribution in [2.45, 2.75) is 97.2 Å². The molecule has 0 aliphatic carbocycles. The molecule has 0 N–H and O–H groups in total. The maximum Gasteiger partial charge on any atom is 0.410 e. The van der Waals surface area contributed by atoms with Crippen LogP contribution in [0.25, 0.3) is 22.9 Å². The van der Waals surface area contributed by atoms with Crippen LogP contribution >= 0.6 is 0 Å². The summed E-state index contributed by atoms with van der Waals surface area (Å²) in [5.74, 6) is 1.78. The van der Waals surface area contributed by atoms with E-state index in [4.69, 9.17) is 13.9 Å². The molecule has 0 bridgehead atoms. The highest BCUT2D eigenvalue weighted by Crippen LogP contribution is 2.34. The van der Waals surface area contributed by atoms with Gasteiger partial charge in [-0.2, -0.15) is 0 Å². The SMILES string of the molecule is Cc1cc(C2CCN(C(=O)OC(C)(C)C)CC2)ccc1-c1nnc(-c2ccc(C3CCN(C(=O)OC(C)(C)C)CC3)cc2)o1. The van der Waals surface area contributed by atoms with Gasteiger partial charge >= 0.3 is 12.2 Å². The molecule has 236 valence electrons. The Labute approximate surface area is 260 Å². The summed E-state index contributed by atoms with van der Waals surface area (Å²) in [7, 11) is 0. The number of likely N-dealkylation sites (tertiary alicyclic amines) is 2. The molecule has 5 rings (SSSR count). The minimum Gasteiger partial charge on any atom is -0.444 e. The summed E-state index contributed by atoms with van der Waals surface area (Å²) in [6.07, 6.45) is 3.15. The number of aromatic nitrogens is 2. The largest absolute Gasteiger partial charge is 0.444 e. The molecule has 2 amide bonds. The molecule has 1 aromatic heterocycles. The summed E-state index contributed by atoms with van der Waals surface area (Å²) in [6, 6.07) is 14.7. The van der Waals surface area contributed by atoms with Crippen LogP contribution < -0.4 is 0 Å². The standard InChI is InChI=1S/C35H46N4O5/c1-23-22-28(26-16-20-39(21-17-26)33(41)44-35(5,6)7)12-13-29(23)31-37-36-30(42-31)27-10-8-24(9-11-27)25-14-18-38(19-15-25)32(40)43-34(2,3)4/h8-13,22,25-26H,14-21H2,1-7H3. The summed E-state index contributed by atoms with van der Waals surface area (Å²) in [6.45, 7) is 16.2. The van der Waals surface area contributed by atoms with Gasteiger partial charge in [0.05, 0.1) is 0 Å². The molecule has 44 heavy (non-hydrogen) atoms. The number of nitrogens with zero attached hydrogens (tertiary/aromatic N) is 4. The van der Waals surface area contributed by atoms with Gasteiger partial charge in [-0.1, -0.05) is 24.3 Å². The summed E-state index contributed by atoms with van der Waals surface area (Å²) in [4.78, 5) is 28.5. The predicted molar refractivity (Wildman–Crippen MR) is 169 cm³/mol. The Balaban J connectivity index is 1.17. The summed E-state index contributed by atoms with van der Waals surface area (Å²) in [5.41, 5.74) is 4.44. The maximum atomic E-state index is 12.4. The predicted octanol–water partition coefficient (Wildman–Crippen LogP) is 7.94. The average Bonchev–Trinajstić information content (AvgIpc) is 3.46. The quantitative estimate of drug-likeness (QED) is 0.299. The highest BCUT2D eigenvalue weighted by Gasteiger charge is 2.29. The zero-order valence-corrected chi connectivity index (χ0v) is 27.2. The topological polar surface area (TPSA) is 98.0 Å². The van der Waals surface area contributed by atoms with E-state index in [2.05, 4.69) is 47.5 Å². The van der Waals surface area contributed by atoms with Crippen LogP contribution in [0, 0.1) is 6.92 Å². The van der Waals surface area contributed by atoms with Crippen LogP contribution in [-0.2, 0) is 9.47 Å². The van der Waals surface area contributed by atoms with Crippen LogP contribution in [0.2, 0.25) is 0 Å². The van der Waals surface area contributed by atoms with Crippen molar-refractivity contribution in [1.82, 2.24) is 20.0 Å². The molecule has 9 nitrogen and oxygen atoms in total. The lowest BCUT2D eigenvalue weighted by atomic mass is 9.88. The van der Waals surface area contributed by atoms with Crippen molar-refractivity contribution >= 4 is 12.2 Å². The molecule has 2 aliphatic heterocycles. The minimum absolute atomic E-state index is 0.232. The van der Waals surface area contributed by atoms with E-state index in [1.165, 1.54) is 11.1 Å². The summed E-state index contributed by atoms with van der Waals surface area (Å²) in [5, 5.41) is 8.71. The number of amides is 2. The lowest BCUT2D eigenvalue weighted by Crippen LogP contribution is -2.41. The molecule has 0 atom stereocenters. The molecule has 0 radical (unpaired) electrons. The molecule has 2 saturated heterocycles. The van der Waals surface area contributed by atoms with Crippen molar-refractivity contribution in [2.24, 2.45) is 0 Å². The van der Waals surface area contributed by atoms with Gasteiger partial charge in [0.15, 0.2) is 0 Å². The Morgan fingerprint density at radius 3 is 1.64 bits per heavy atom. The van der Waals surface area contributed by atoms with E-state index >= 15 is 0 Å². The number of hydrogen-bond donors (Lipinski definition) is 0.